The number of pyridine rings is 1. The second-order valence-corrected chi connectivity index (χ2v) is 8.48. The third kappa shape index (κ3) is 4.58. The zero-order valence-electron chi connectivity index (χ0n) is 18.5. The molecule has 0 bridgehead atoms. The van der Waals surface area contributed by atoms with Crippen LogP contribution in [0.4, 0.5) is 4.39 Å². The van der Waals surface area contributed by atoms with Crippen LogP contribution in [-0.4, -0.2) is 58.7 Å². The van der Waals surface area contributed by atoms with Gasteiger partial charge >= 0.3 is 5.97 Å². The van der Waals surface area contributed by atoms with E-state index in [1.54, 1.807) is 19.1 Å². The number of aromatic nitrogens is 1. The molecule has 2 aliphatic rings. The van der Waals surface area contributed by atoms with E-state index in [0.29, 0.717) is 35.3 Å². The Kier molecular flexibility index (Phi) is 6.40. The zero-order chi connectivity index (χ0) is 23.7. The van der Waals surface area contributed by atoms with Crippen LogP contribution < -0.4 is 5.32 Å². The molecule has 0 spiro atoms. The maximum absolute atomic E-state index is 14.9. The van der Waals surface area contributed by atoms with Gasteiger partial charge in [0.25, 0.3) is 5.91 Å². The molecule has 1 fully saturated rings. The number of esters is 1. The molecule has 1 amide bonds. The number of aryl methyl sites for hydroxylation is 1. The predicted octanol–water partition coefficient (Wildman–Crippen LogP) is 2.12. The first kappa shape index (κ1) is 22.8. The number of likely N-dealkylation sites (tertiary alicyclic amines) is 1. The Morgan fingerprint density at radius 1 is 1.39 bits per heavy atom. The molecule has 1 aromatic heterocycles. The summed E-state index contributed by atoms with van der Waals surface area (Å²) in [6.45, 7) is 4.52. The lowest BCUT2D eigenvalue weighted by molar-refractivity contribution is 0.0526. The molecule has 1 aromatic carbocycles. The van der Waals surface area contributed by atoms with Crippen molar-refractivity contribution >= 4 is 11.9 Å². The first-order valence-electron chi connectivity index (χ1n) is 10.8. The highest BCUT2D eigenvalue weighted by atomic mass is 19.1. The molecule has 3 atom stereocenters. The Hall–Kier alpha value is -3.35. The minimum absolute atomic E-state index is 0.0768. The number of rotatable bonds is 5. The molecular weight excluding hydrogens is 427 g/mol. The van der Waals surface area contributed by atoms with Crippen molar-refractivity contribution in [3.05, 3.63) is 63.5 Å². The largest absolute Gasteiger partial charge is 0.457 e. The summed E-state index contributed by atoms with van der Waals surface area (Å²) >= 11 is 0. The van der Waals surface area contributed by atoms with E-state index in [-0.39, 0.29) is 31.4 Å². The van der Waals surface area contributed by atoms with E-state index in [2.05, 4.69) is 10.3 Å². The molecule has 172 valence electrons. The number of nitrogens with one attached hydrogen (secondary N) is 1. The fourth-order valence-corrected chi connectivity index (χ4v) is 4.42. The molecule has 3 heterocycles. The number of nitrogens with zero attached hydrogens (tertiary/aromatic N) is 3. The van der Waals surface area contributed by atoms with Crippen molar-refractivity contribution in [2.24, 2.45) is 0 Å². The van der Waals surface area contributed by atoms with E-state index in [4.69, 9.17) is 10.00 Å². The van der Waals surface area contributed by atoms with Crippen LogP contribution in [0.1, 0.15) is 61.3 Å². The highest BCUT2D eigenvalue weighted by molar-refractivity contribution is 5.94. The summed E-state index contributed by atoms with van der Waals surface area (Å²) in [5.41, 5.74) is 3.80. The first-order valence-corrected chi connectivity index (χ1v) is 10.8. The Bertz CT molecular complexity index is 1150. The van der Waals surface area contributed by atoms with Gasteiger partial charge in [0.05, 0.1) is 29.0 Å². The van der Waals surface area contributed by atoms with Crippen molar-refractivity contribution in [2.45, 2.75) is 45.2 Å². The number of aliphatic hydroxyl groups excluding tert-OH is 1. The number of piperidine rings is 1. The van der Waals surface area contributed by atoms with E-state index in [9.17, 15) is 19.1 Å². The van der Waals surface area contributed by atoms with Gasteiger partial charge in [-0.15, -0.1) is 0 Å². The second-order valence-electron chi connectivity index (χ2n) is 8.48. The van der Waals surface area contributed by atoms with Gasteiger partial charge in [-0.05, 0) is 49.6 Å². The summed E-state index contributed by atoms with van der Waals surface area (Å²) in [7, 11) is 0. The van der Waals surface area contributed by atoms with Crippen LogP contribution >= 0.6 is 0 Å². The van der Waals surface area contributed by atoms with Crippen molar-refractivity contribution in [1.29, 1.82) is 5.26 Å². The van der Waals surface area contributed by atoms with Gasteiger partial charge in [0.2, 0.25) is 0 Å². The molecule has 33 heavy (non-hydrogen) atoms. The summed E-state index contributed by atoms with van der Waals surface area (Å²) in [5.74, 6) is -0.834. The van der Waals surface area contributed by atoms with Crippen molar-refractivity contribution < 1.29 is 23.8 Å². The third-order valence-electron chi connectivity index (χ3n) is 6.38. The average Bonchev–Trinajstić information content (AvgIpc) is 3.17. The molecule has 4 rings (SSSR count). The number of nitriles is 1. The van der Waals surface area contributed by atoms with Crippen LogP contribution in [-0.2, 0) is 11.3 Å². The number of hydrogen-bond donors (Lipinski definition) is 2. The smallest absolute Gasteiger partial charge is 0.338 e. The fourth-order valence-electron chi connectivity index (χ4n) is 4.42. The number of benzene rings is 1. The number of halogens is 1. The SMILES string of the molecule is Cc1nc(C(=O)N[C@@H]2CCN(C[C@H](O)c3ccc4c(c3C)COC4=O)C[C@@H]2F)ccc1C#N. The Morgan fingerprint density at radius 2 is 2.18 bits per heavy atom. The van der Waals surface area contributed by atoms with E-state index in [1.165, 1.54) is 12.1 Å². The Balaban J connectivity index is 1.35. The van der Waals surface area contributed by atoms with Crippen LogP contribution in [0.5, 0.6) is 0 Å². The average molecular weight is 452 g/mol. The van der Waals surface area contributed by atoms with E-state index in [1.807, 2.05) is 17.9 Å². The van der Waals surface area contributed by atoms with Gasteiger partial charge in [0, 0.05) is 25.2 Å². The van der Waals surface area contributed by atoms with Crippen molar-refractivity contribution in [1.82, 2.24) is 15.2 Å². The minimum Gasteiger partial charge on any atom is -0.457 e. The number of ether oxygens (including phenoxy) is 1. The predicted molar refractivity (Wildman–Crippen MR) is 116 cm³/mol. The normalized spacial score (nSPS) is 21.1. The lowest BCUT2D eigenvalue weighted by Gasteiger charge is -2.36. The van der Waals surface area contributed by atoms with Gasteiger partial charge in [0.1, 0.15) is 24.5 Å². The molecule has 8 nitrogen and oxygen atoms in total. The lowest BCUT2D eigenvalue weighted by Crippen LogP contribution is -2.53. The van der Waals surface area contributed by atoms with Gasteiger partial charge < -0.3 is 15.2 Å². The lowest BCUT2D eigenvalue weighted by atomic mass is 9.94. The van der Waals surface area contributed by atoms with Crippen molar-refractivity contribution in [3.8, 4) is 6.07 Å². The number of carbonyl (C=O) groups is 2. The number of hydrogen-bond acceptors (Lipinski definition) is 7. The number of β-amino-alcohol motifs (C(OH)–C–C–N with tert-alkyl or cyclic N) is 1. The molecule has 0 unspecified atom stereocenters. The molecule has 0 radical (unpaired) electrons. The molecule has 1 saturated heterocycles. The molecule has 9 heteroatoms. The fraction of sp³-hybridized carbons (Fsp3) is 0.417. The van der Waals surface area contributed by atoms with E-state index in [0.717, 1.165) is 11.1 Å². The number of alkyl halides is 1. The maximum atomic E-state index is 14.9. The van der Waals surface area contributed by atoms with Gasteiger partial charge in [-0.25, -0.2) is 14.2 Å². The number of fused-ring (bicyclic) bond motifs is 1. The maximum Gasteiger partial charge on any atom is 0.338 e. The van der Waals surface area contributed by atoms with Gasteiger partial charge in [-0.2, -0.15) is 5.26 Å². The van der Waals surface area contributed by atoms with Gasteiger partial charge in [-0.1, -0.05) is 6.07 Å². The summed E-state index contributed by atoms with van der Waals surface area (Å²) in [5, 5.41) is 22.5. The van der Waals surface area contributed by atoms with Crippen LogP contribution in [0, 0.1) is 25.2 Å². The molecule has 2 N–H and O–H groups in total. The zero-order valence-corrected chi connectivity index (χ0v) is 18.5. The summed E-state index contributed by atoms with van der Waals surface area (Å²) in [6.07, 6.45) is -1.75. The van der Waals surface area contributed by atoms with Gasteiger partial charge in [-0.3, -0.25) is 9.69 Å². The van der Waals surface area contributed by atoms with E-state index >= 15 is 0 Å². The number of aliphatic hydroxyl groups is 1. The number of carbonyl (C=O) groups excluding carboxylic acids is 2. The molecular formula is C24H25FN4O4. The highest BCUT2D eigenvalue weighted by Gasteiger charge is 2.32. The Labute approximate surface area is 191 Å². The third-order valence-corrected chi connectivity index (χ3v) is 6.38. The van der Waals surface area contributed by atoms with Crippen molar-refractivity contribution in [2.75, 3.05) is 19.6 Å². The van der Waals surface area contributed by atoms with Gasteiger partial charge in [0.15, 0.2) is 0 Å². The van der Waals surface area contributed by atoms with Crippen LogP contribution in [0.15, 0.2) is 24.3 Å². The number of cyclic esters (lactones) is 1. The molecule has 0 saturated carbocycles. The molecule has 0 aliphatic carbocycles. The van der Waals surface area contributed by atoms with Crippen LogP contribution in [0.2, 0.25) is 0 Å². The number of amides is 1. The summed E-state index contributed by atoms with van der Waals surface area (Å²) in [6, 6.07) is 7.70. The topological polar surface area (TPSA) is 116 Å². The minimum atomic E-state index is -1.30. The summed E-state index contributed by atoms with van der Waals surface area (Å²) in [4.78, 5) is 30.2. The van der Waals surface area contributed by atoms with E-state index < -0.39 is 24.2 Å². The van der Waals surface area contributed by atoms with Crippen LogP contribution in [0.3, 0.4) is 0 Å². The quantitative estimate of drug-likeness (QED) is 0.668. The molecule has 2 aromatic rings. The standard InChI is InChI=1S/C24H25FN4O4/c1-13-16(4-5-17-18(13)12-33-24(17)32)22(30)11-29-8-7-20(19(25)10-29)28-23(31)21-6-3-15(9-26)14(2)27-21/h3-6,19-20,22,30H,7-8,10-12H2,1-2H3,(H,28,31)/t19-,20+,22-/m0/s1. The van der Waals surface area contributed by atoms with Crippen LogP contribution in [0.25, 0.3) is 0 Å². The Morgan fingerprint density at radius 3 is 2.88 bits per heavy atom. The summed E-state index contributed by atoms with van der Waals surface area (Å²) < 4.78 is 19.9. The second kappa shape index (κ2) is 9.25. The van der Waals surface area contributed by atoms with Crippen molar-refractivity contribution in [3.63, 3.8) is 0 Å². The monoisotopic (exact) mass is 452 g/mol. The molecule has 2 aliphatic heterocycles. The highest BCUT2D eigenvalue weighted by Crippen LogP contribution is 2.30. The first-order chi connectivity index (χ1) is 15.8.